The van der Waals surface area contributed by atoms with Gasteiger partial charge in [-0.15, -0.1) is 0 Å². The standard InChI is InChI=1S/C12H19FN2O2S/c1-4-5-8-18(16,17)15(3)12-7-6-10(14-2)9-11(12)13/h6-7,9,14H,4-5,8H2,1-3H3. The first-order valence-electron chi connectivity index (χ1n) is 5.86. The van der Waals surface area contributed by atoms with Gasteiger partial charge in [0.15, 0.2) is 0 Å². The smallest absolute Gasteiger partial charge is 0.234 e. The highest BCUT2D eigenvalue weighted by atomic mass is 32.2. The van der Waals surface area contributed by atoms with Gasteiger partial charge >= 0.3 is 0 Å². The van der Waals surface area contributed by atoms with Gasteiger partial charge in [-0.25, -0.2) is 12.8 Å². The van der Waals surface area contributed by atoms with Crippen molar-refractivity contribution < 1.29 is 12.8 Å². The van der Waals surface area contributed by atoms with E-state index in [-0.39, 0.29) is 11.4 Å². The Balaban J connectivity index is 3.00. The molecule has 102 valence electrons. The van der Waals surface area contributed by atoms with E-state index in [2.05, 4.69) is 5.32 Å². The zero-order chi connectivity index (χ0) is 13.8. The van der Waals surface area contributed by atoms with Gasteiger partial charge in [0.25, 0.3) is 0 Å². The first-order valence-corrected chi connectivity index (χ1v) is 7.47. The summed E-state index contributed by atoms with van der Waals surface area (Å²) in [6.45, 7) is 1.91. The van der Waals surface area contributed by atoms with E-state index in [1.165, 1.54) is 19.2 Å². The van der Waals surface area contributed by atoms with Gasteiger partial charge in [0.05, 0.1) is 11.4 Å². The molecule has 0 unspecified atom stereocenters. The lowest BCUT2D eigenvalue weighted by Crippen LogP contribution is -2.29. The Morgan fingerprint density at radius 1 is 1.39 bits per heavy atom. The van der Waals surface area contributed by atoms with Crippen LogP contribution in [0.1, 0.15) is 19.8 Å². The van der Waals surface area contributed by atoms with Gasteiger partial charge < -0.3 is 5.32 Å². The van der Waals surface area contributed by atoms with E-state index in [1.807, 2.05) is 6.92 Å². The van der Waals surface area contributed by atoms with Gasteiger partial charge in [-0.05, 0) is 24.6 Å². The van der Waals surface area contributed by atoms with Crippen LogP contribution in [0.25, 0.3) is 0 Å². The van der Waals surface area contributed by atoms with Crippen molar-refractivity contribution in [2.75, 3.05) is 29.5 Å². The molecule has 0 fully saturated rings. The molecule has 1 N–H and O–H groups in total. The van der Waals surface area contributed by atoms with Crippen LogP contribution in [0.15, 0.2) is 18.2 Å². The van der Waals surface area contributed by atoms with Gasteiger partial charge in [-0.3, -0.25) is 4.31 Å². The van der Waals surface area contributed by atoms with Crippen molar-refractivity contribution in [1.82, 2.24) is 0 Å². The van der Waals surface area contributed by atoms with Crippen LogP contribution in [-0.2, 0) is 10.0 Å². The third-order valence-corrected chi connectivity index (χ3v) is 4.58. The fourth-order valence-electron chi connectivity index (χ4n) is 1.53. The summed E-state index contributed by atoms with van der Waals surface area (Å²) in [5, 5.41) is 2.80. The first kappa shape index (κ1) is 14.8. The number of nitrogens with one attached hydrogen (secondary N) is 1. The zero-order valence-electron chi connectivity index (χ0n) is 10.9. The number of hydrogen-bond donors (Lipinski definition) is 1. The average molecular weight is 274 g/mol. The summed E-state index contributed by atoms with van der Waals surface area (Å²) in [5.41, 5.74) is 0.681. The molecule has 4 nitrogen and oxygen atoms in total. The number of sulfonamides is 1. The third-order valence-electron chi connectivity index (χ3n) is 2.75. The number of anilines is 2. The van der Waals surface area contributed by atoms with Crippen LogP contribution in [0.5, 0.6) is 0 Å². The molecule has 0 aromatic heterocycles. The molecule has 0 atom stereocenters. The van der Waals surface area contributed by atoms with Gasteiger partial charge in [0.2, 0.25) is 10.0 Å². The van der Waals surface area contributed by atoms with Crippen molar-refractivity contribution in [3.8, 4) is 0 Å². The summed E-state index contributed by atoms with van der Waals surface area (Å²) in [6.07, 6.45) is 1.36. The molecule has 0 heterocycles. The highest BCUT2D eigenvalue weighted by Crippen LogP contribution is 2.24. The number of hydrogen-bond acceptors (Lipinski definition) is 3. The molecular weight excluding hydrogens is 255 g/mol. The molecular formula is C12H19FN2O2S. The molecule has 1 aromatic carbocycles. The maximum Gasteiger partial charge on any atom is 0.234 e. The lowest BCUT2D eigenvalue weighted by molar-refractivity contribution is 0.586. The molecule has 1 aromatic rings. The lowest BCUT2D eigenvalue weighted by Gasteiger charge is -2.20. The van der Waals surface area contributed by atoms with Gasteiger partial charge in [-0.2, -0.15) is 0 Å². The largest absolute Gasteiger partial charge is 0.388 e. The fraction of sp³-hybridized carbons (Fsp3) is 0.500. The summed E-state index contributed by atoms with van der Waals surface area (Å²) >= 11 is 0. The lowest BCUT2D eigenvalue weighted by atomic mass is 10.2. The Hall–Kier alpha value is -1.30. The molecule has 0 bridgehead atoms. The SMILES string of the molecule is CCCCS(=O)(=O)N(C)c1ccc(NC)cc1F. The van der Waals surface area contributed by atoms with E-state index in [0.29, 0.717) is 12.1 Å². The summed E-state index contributed by atoms with van der Waals surface area (Å²) in [7, 11) is -0.390. The molecule has 0 saturated heterocycles. The third kappa shape index (κ3) is 3.35. The molecule has 0 aliphatic carbocycles. The fourth-order valence-corrected chi connectivity index (χ4v) is 2.91. The Morgan fingerprint density at radius 2 is 2.06 bits per heavy atom. The molecule has 0 aliphatic rings. The average Bonchev–Trinajstić information content (AvgIpc) is 2.35. The minimum absolute atomic E-state index is 0.0349. The van der Waals surface area contributed by atoms with Gasteiger partial charge in [0, 0.05) is 19.8 Å². The summed E-state index contributed by atoms with van der Waals surface area (Å²) in [4.78, 5) is 0. The molecule has 0 amide bonds. The summed E-state index contributed by atoms with van der Waals surface area (Å²) < 4.78 is 38.7. The van der Waals surface area contributed by atoms with E-state index < -0.39 is 15.8 Å². The highest BCUT2D eigenvalue weighted by Gasteiger charge is 2.20. The summed E-state index contributed by atoms with van der Waals surface area (Å²) in [5.74, 6) is -0.517. The van der Waals surface area contributed by atoms with Crippen molar-refractivity contribution >= 4 is 21.4 Å². The van der Waals surface area contributed by atoms with E-state index >= 15 is 0 Å². The van der Waals surface area contributed by atoms with E-state index in [4.69, 9.17) is 0 Å². The highest BCUT2D eigenvalue weighted by molar-refractivity contribution is 7.92. The molecule has 0 radical (unpaired) electrons. The number of benzene rings is 1. The number of nitrogens with zero attached hydrogens (tertiary/aromatic N) is 1. The Bertz CT molecular complexity index is 503. The van der Waals surface area contributed by atoms with E-state index in [9.17, 15) is 12.8 Å². The van der Waals surface area contributed by atoms with Crippen molar-refractivity contribution in [2.45, 2.75) is 19.8 Å². The molecule has 0 saturated carbocycles. The minimum Gasteiger partial charge on any atom is -0.388 e. The Labute approximate surface area is 108 Å². The first-order chi connectivity index (χ1) is 8.42. The van der Waals surface area contributed by atoms with Crippen LogP contribution in [0.3, 0.4) is 0 Å². The van der Waals surface area contributed by atoms with Crippen LogP contribution < -0.4 is 9.62 Å². The number of unbranched alkanes of at least 4 members (excludes halogenated alkanes) is 1. The van der Waals surface area contributed by atoms with Crippen LogP contribution in [0.4, 0.5) is 15.8 Å². The zero-order valence-corrected chi connectivity index (χ0v) is 11.7. The maximum atomic E-state index is 13.8. The van der Waals surface area contributed by atoms with Crippen molar-refractivity contribution in [1.29, 1.82) is 0 Å². The topological polar surface area (TPSA) is 49.4 Å². The molecule has 0 aliphatic heterocycles. The maximum absolute atomic E-state index is 13.8. The van der Waals surface area contributed by atoms with Crippen LogP contribution in [0.2, 0.25) is 0 Å². The van der Waals surface area contributed by atoms with E-state index in [1.54, 1.807) is 13.1 Å². The van der Waals surface area contributed by atoms with Crippen molar-refractivity contribution in [2.24, 2.45) is 0 Å². The van der Waals surface area contributed by atoms with E-state index in [0.717, 1.165) is 10.7 Å². The second kappa shape index (κ2) is 6.04. The predicted octanol–water partition coefficient (Wildman–Crippen LogP) is 2.43. The Morgan fingerprint density at radius 3 is 2.56 bits per heavy atom. The second-order valence-corrected chi connectivity index (χ2v) is 6.17. The predicted molar refractivity (Wildman–Crippen MR) is 73.0 cm³/mol. The second-order valence-electron chi connectivity index (χ2n) is 4.05. The molecule has 1 rings (SSSR count). The van der Waals surface area contributed by atoms with Crippen LogP contribution in [-0.4, -0.2) is 28.3 Å². The number of halogens is 1. The van der Waals surface area contributed by atoms with Crippen LogP contribution >= 0.6 is 0 Å². The molecule has 6 heteroatoms. The summed E-state index contributed by atoms with van der Waals surface area (Å²) in [6, 6.07) is 4.39. The molecule has 0 spiro atoms. The number of rotatable bonds is 6. The normalized spacial score (nSPS) is 11.3. The Kier molecular flexibility index (Phi) is 4.95. The molecule has 18 heavy (non-hydrogen) atoms. The minimum atomic E-state index is -3.44. The quantitative estimate of drug-likeness (QED) is 0.866. The van der Waals surface area contributed by atoms with Crippen molar-refractivity contribution in [3.05, 3.63) is 24.0 Å². The van der Waals surface area contributed by atoms with Crippen molar-refractivity contribution in [3.63, 3.8) is 0 Å². The van der Waals surface area contributed by atoms with Crippen LogP contribution in [0, 0.1) is 5.82 Å². The monoisotopic (exact) mass is 274 g/mol. The van der Waals surface area contributed by atoms with Gasteiger partial charge in [-0.1, -0.05) is 13.3 Å². The van der Waals surface area contributed by atoms with Gasteiger partial charge in [0.1, 0.15) is 5.82 Å².